The average Bonchev–Trinajstić information content (AvgIpc) is 2.26. The number of halogens is 1. The Labute approximate surface area is 117 Å². The highest BCUT2D eigenvalue weighted by molar-refractivity contribution is 6.28. The van der Waals surface area contributed by atoms with Gasteiger partial charge >= 0.3 is 6.01 Å². The monoisotopic (exact) mass is 286 g/mol. The molecule has 0 spiro atoms. The number of aromatic nitrogens is 3. The van der Waals surface area contributed by atoms with Gasteiger partial charge in [-0.2, -0.15) is 15.0 Å². The van der Waals surface area contributed by atoms with Gasteiger partial charge in [-0.1, -0.05) is 0 Å². The molecule has 0 aliphatic carbocycles. The molecule has 0 saturated carbocycles. The molecule has 19 heavy (non-hydrogen) atoms. The van der Waals surface area contributed by atoms with Crippen LogP contribution in [0.4, 0.5) is 5.95 Å². The molecule has 106 valence electrons. The van der Waals surface area contributed by atoms with Crippen LogP contribution >= 0.6 is 11.6 Å². The van der Waals surface area contributed by atoms with Crippen LogP contribution in [-0.2, 0) is 4.74 Å². The number of rotatable bonds is 4. The summed E-state index contributed by atoms with van der Waals surface area (Å²) in [6.07, 6.45) is 1.80. The fourth-order valence-corrected chi connectivity index (χ4v) is 2.28. The molecule has 7 heteroatoms. The maximum absolute atomic E-state index is 5.85. The van der Waals surface area contributed by atoms with Gasteiger partial charge in [0.2, 0.25) is 11.2 Å². The largest absolute Gasteiger partial charge is 0.464 e. The van der Waals surface area contributed by atoms with Crippen molar-refractivity contribution in [3.63, 3.8) is 0 Å². The summed E-state index contributed by atoms with van der Waals surface area (Å²) in [7, 11) is 0. The Morgan fingerprint density at radius 3 is 2.89 bits per heavy atom. The molecular formula is C12H19ClN4O2. The summed E-state index contributed by atoms with van der Waals surface area (Å²) < 4.78 is 10.9. The van der Waals surface area contributed by atoms with E-state index in [1.54, 1.807) is 0 Å². The number of hydrogen-bond donors (Lipinski definition) is 1. The molecule has 1 N–H and O–H groups in total. The molecule has 1 aromatic rings. The normalized spacial score (nSPS) is 22.0. The van der Waals surface area contributed by atoms with E-state index in [1.807, 2.05) is 6.92 Å². The minimum Gasteiger partial charge on any atom is -0.464 e. The molecule has 1 aromatic heterocycles. The van der Waals surface area contributed by atoms with Crippen molar-refractivity contribution in [3.8, 4) is 6.01 Å². The lowest BCUT2D eigenvalue weighted by molar-refractivity contribution is -0.0554. The summed E-state index contributed by atoms with van der Waals surface area (Å²) in [5, 5.41) is 3.40. The lowest BCUT2D eigenvalue weighted by Crippen LogP contribution is -2.40. The van der Waals surface area contributed by atoms with Crippen molar-refractivity contribution >= 4 is 17.5 Å². The van der Waals surface area contributed by atoms with E-state index in [2.05, 4.69) is 34.1 Å². The van der Waals surface area contributed by atoms with Gasteiger partial charge in [-0.05, 0) is 45.2 Å². The summed E-state index contributed by atoms with van der Waals surface area (Å²) in [5.41, 5.74) is -0.129. The number of nitrogens with one attached hydrogen (secondary N) is 1. The van der Waals surface area contributed by atoms with Crippen molar-refractivity contribution in [2.45, 2.75) is 45.3 Å². The molecule has 0 aromatic carbocycles. The van der Waals surface area contributed by atoms with Crippen LogP contribution in [0.5, 0.6) is 6.01 Å². The smallest absolute Gasteiger partial charge is 0.322 e. The van der Waals surface area contributed by atoms with E-state index in [4.69, 9.17) is 21.1 Å². The topological polar surface area (TPSA) is 69.2 Å². The van der Waals surface area contributed by atoms with E-state index in [0.29, 0.717) is 12.6 Å². The molecule has 1 aliphatic heterocycles. The Bertz CT molecular complexity index is 442. The van der Waals surface area contributed by atoms with Crippen LogP contribution in [0, 0.1) is 0 Å². The van der Waals surface area contributed by atoms with Gasteiger partial charge in [-0.3, -0.25) is 0 Å². The molecular weight excluding hydrogens is 268 g/mol. The molecule has 1 fully saturated rings. The van der Waals surface area contributed by atoms with Crippen LogP contribution in [0.25, 0.3) is 0 Å². The van der Waals surface area contributed by atoms with E-state index in [9.17, 15) is 0 Å². The van der Waals surface area contributed by atoms with Crippen LogP contribution in [-0.4, -0.2) is 39.8 Å². The van der Waals surface area contributed by atoms with Crippen LogP contribution in [0.3, 0.4) is 0 Å². The molecule has 1 aliphatic rings. The standard InChI is InChI=1S/C12H19ClN4O2/c1-4-18-11-16-9(13)15-10(17-11)14-8-5-6-19-12(2,3)7-8/h8H,4-7H2,1-3H3,(H,14,15,16,17). The molecule has 0 amide bonds. The third-order valence-electron chi connectivity index (χ3n) is 2.89. The third kappa shape index (κ3) is 4.18. The first-order chi connectivity index (χ1) is 8.98. The summed E-state index contributed by atoms with van der Waals surface area (Å²) in [4.78, 5) is 12.2. The summed E-state index contributed by atoms with van der Waals surface area (Å²) >= 11 is 5.85. The number of nitrogens with zero attached hydrogens (tertiary/aromatic N) is 3. The van der Waals surface area contributed by atoms with Gasteiger partial charge < -0.3 is 14.8 Å². The molecule has 0 bridgehead atoms. The van der Waals surface area contributed by atoms with Crippen LogP contribution in [0.2, 0.25) is 5.28 Å². The molecule has 6 nitrogen and oxygen atoms in total. The minimum absolute atomic E-state index is 0.129. The Morgan fingerprint density at radius 1 is 1.42 bits per heavy atom. The third-order valence-corrected chi connectivity index (χ3v) is 3.06. The first kappa shape index (κ1) is 14.3. The van der Waals surface area contributed by atoms with E-state index in [-0.39, 0.29) is 22.9 Å². The van der Waals surface area contributed by atoms with Crippen LogP contribution < -0.4 is 10.1 Å². The molecule has 0 radical (unpaired) electrons. The van der Waals surface area contributed by atoms with Crippen molar-refractivity contribution in [1.29, 1.82) is 0 Å². The SMILES string of the molecule is CCOc1nc(Cl)nc(NC2CCOC(C)(C)C2)n1. The number of ether oxygens (including phenoxy) is 2. The lowest BCUT2D eigenvalue weighted by Gasteiger charge is -2.35. The van der Waals surface area contributed by atoms with Gasteiger partial charge in [0, 0.05) is 12.6 Å². The van der Waals surface area contributed by atoms with E-state index in [1.165, 1.54) is 0 Å². The fraction of sp³-hybridized carbons (Fsp3) is 0.750. The van der Waals surface area contributed by atoms with Gasteiger partial charge in [-0.25, -0.2) is 0 Å². The second-order valence-electron chi connectivity index (χ2n) is 5.09. The highest BCUT2D eigenvalue weighted by Crippen LogP contribution is 2.26. The van der Waals surface area contributed by atoms with Crippen molar-refractivity contribution in [2.24, 2.45) is 0 Å². The van der Waals surface area contributed by atoms with E-state index >= 15 is 0 Å². The van der Waals surface area contributed by atoms with Gasteiger partial charge in [0.1, 0.15) is 0 Å². The Balaban J connectivity index is 2.06. The molecule has 1 unspecified atom stereocenters. The van der Waals surface area contributed by atoms with Gasteiger partial charge in [0.15, 0.2) is 0 Å². The lowest BCUT2D eigenvalue weighted by atomic mass is 9.94. The van der Waals surface area contributed by atoms with E-state index in [0.717, 1.165) is 19.4 Å². The van der Waals surface area contributed by atoms with Crippen molar-refractivity contribution < 1.29 is 9.47 Å². The Hall–Kier alpha value is -1.14. The van der Waals surface area contributed by atoms with Gasteiger partial charge in [-0.15, -0.1) is 0 Å². The average molecular weight is 287 g/mol. The fourth-order valence-electron chi connectivity index (χ4n) is 2.13. The molecule has 2 heterocycles. The highest BCUT2D eigenvalue weighted by Gasteiger charge is 2.29. The number of anilines is 1. The van der Waals surface area contributed by atoms with E-state index < -0.39 is 0 Å². The van der Waals surface area contributed by atoms with Crippen molar-refractivity contribution in [2.75, 3.05) is 18.5 Å². The predicted octanol–water partition coefficient (Wildman–Crippen LogP) is 2.29. The maximum atomic E-state index is 5.85. The van der Waals surface area contributed by atoms with Crippen molar-refractivity contribution in [1.82, 2.24) is 15.0 Å². The molecule has 1 atom stereocenters. The second kappa shape index (κ2) is 5.88. The van der Waals surface area contributed by atoms with Gasteiger partial charge in [0.25, 0.3) is 0 Å². The first-order valence-corrected chi connectivity index (χ1v) is 6.81. The summed E-state index contributed by atoms with van der Waals surface area (Å²) in [6.45, 7) is 7.23. The van der Waals surface area contributed by atoms with Crippen LogP contribution in [0.15, 0.2) is 0 Å². The van der Waals surface area contributed by atoms with Gasteiger partial charge in [0.05, 0.1) is 12.2 Å². The Kier molecular flexibility index (Phi) is 4.42. The maximum Gasteiger partial charge on any atom is 0.322 e. The first-order valence-electron chi connectivity index (χ1n) is 6.43. The predicted molar refractivity (Wildman–Crippen MR) is 72.7 cm³/mol. The second-order valence-corrected chi connectivity index (χ2v) is 5.42. The number of hydrogen-bond acceptors (Lipinski definition) is 6. The minimum atomic E-state index is -0.129. The van der Waals surface area contributed by atoms with Crippen LogP contribution in [0.1, 0.15) is 33.6 Å². The summed E-state index contributed by atoms with van der Waals surface area (Å²) in [6, 6.07) is 0.507. The quantitative estimate of drug-likeness (QED) is 0.916. The zero-order valence-electron chi connectivity index (χ0n) is 11.4. The highest BCUT2D eigenvalue weighted by atomic mass is 35.5. The zero-order chi connectivity index (χ0) is 13.9. The zero-order valence-corrected chi connectivity index (χ0v) is 12.2. The Morgan fingerprint density at radius 2 is 2.21 bits per heavy atom. The van der Waals surface area contributed by atoms with Crippen molar-refractivity contribution in [3.05, 3.63) is 5.28 Å². The molecule has 1 saturated heterocycles. The summed E-state index contributed by atoms with van der Waals surface area (Å²) in [5.74, 6) is 0.450. The molecule has 2 rings (SSSR count).